The minimum absolute atomic E-state index is 0.879. The lowest BCUT2D eigenvalue weighted by Crippen LogP contribution is -1.92. The number of rotatable bonds is 11. The molecule has 0 atom stereocenters. The Morgan fingerprint density at radius 2 is 0.505 bits per heavy atom. The molecule has 4 heteroatoms. The molecule has 0 bridgehead atoms. The van der Waals surface area contributed by atoms with Crippen LogP contribution in [0.3, 0.4) is 0 Å². The average molecular weight is 1350 g/mol. The van der Waals surface area contributed by atoms with E-state index in [1.807, 2.05) is 71.2 Å². The highest BCUT2D eigenvalue weighted by Crippen LogP contribution is 2.45. The van der Waals surface area contributed by atoms with Crippen LogP contribution < -0.4 is 4.74 Å². The molecule has 0 aliphatic heterocycles. The van der Waals surface area contributed by atoms with Gasteiger partial charge in [0.25, 0.3) is 0 Å². The number of benzene rings is 12. The summed E-state index contributed by atoms with van der Waals surface area (Å²) in [5.41, 5.74) is 31.4. The summed E-state index contributed by atoms with van der Waals surface area (Å²) in [6, 6.07) is 104. The van der Waals surface area contributed by atoms with Crippen LogP contribution in [-0.4, -0.2) is 0 Å². The third-order valence-corrected chi connectivity index (χ3v) is 20.0. The Bertz CT molecular complexity index is 4210. The molecule has 0 saturated carbocycles. The van der Waals surface area contributed by atoms with Gasteiger partial charge in [-0.15, -0.1) is 22.7 Å². The quantitative estimate of drug-likeness (QED) is 0.128. The zero-order valence-electron chi connectivity index (χ0n) is 60.2. The molecular weight excluding hydrogens is 1250 g/mol. The van der Waals surface area contributed by atoms with Crippen molar-refractivity contribution in [2.45, 2.75) is 113 Å². The first-order valence-corrected chi connectivity index (χ1v) is 36.7. The van der Waals surface area contributed by atoms with E-state index in [4.69, 9.17) is 4.74 Å². The zero-order valence-corrected chi connectivity index (χ0v) is 62.7. The van der Waals surface area contributed by atoms with Crippen molar-refractivity contribution in [3.05, 3.63) is 391 Å². The SMILES string of the molecule is Cc1ccc(-c2cc(-c3ccc(C)c(C)c3)c(-c3cccs3)cc2-c2cccs2)cc1C.Cc1ccc(-c2ccc(C)cc2)cc1.Cc1ccc(C)cc1.Cc1ccc(Cc2ccc(C)cc2)cc1.Cc1ccc(Oc2ccc(C)cc2)cc1.Cc1ccc(Sc2ccc(C)cc2)cc1. The number of aryl methyl sites for hydroxylation is 14. The van der Waals surface area contributed by atoms with Crippen LogP contribution in [0.25, 0.3) is 54.3 Å². The third-order valence-electron chi connectivity index (χ3n) is 17.2. The summed E-state index contributed by atoms with van der Waals surface area (Å²) >= 11 is 5.42. The third kappa shape index (κ3) is 23.2. The van der Waals surface area contributed by atoms with Crippen molar-refractivity contribution in [2.75, 3.05) is 0 Å². The zero-order chi connectivity index (χ0) is 70.2. The molecule has 0 N–H and O–H groups in total. The molecule has 0 amide bonds. The molecule has 0 saturated heterocycles. The molecule has 0 unspecified atom stereocenters. The van der Waals surface area contributed by atoms with Gasteiger partial charge in [0.2, 0.25) is 0 Å². The van der Waals surface area contributed by atoms with Gasteiger partial charge in [-0.25, -0.2) is 0 Å². The fourth-order valence-electron chi connectivity index (χ4n) is 10.6. The second kappa shape index (κ2) is 36.7. The van der Waals surface area contributed by atoms with Crippen molar-refractivity contribution in [3.63, 3.8) is 0 Å². The smallest absolute Gasteiger partial charge is 0.127 e. The summed E-state index contributed by atoms with van der Waals surface area (Å²) in [4.78, 5) is 5.21. The van der Waals surface area contributed by atoms with Gasteiger partial charge in [0.1, 0.15) is 11.5 Å². The summed E-state index contributed by atoms with van der Waals surface area (Å²) < 4.78 is 5.69. The molecule has 0 aliphatic rings. The lowest BCUT2D eigenvalue weighted by atomic mass is 9.88. The standard InChI is InChI=1S/C30H26S2.C15H16.C14H14O.C14H14S.C14H14.C8H10/c1-19-9-11-23(15-21(19)3)25-17-26(24-12-10-20(2)22(4)16-24)28(30-8-6-14-32-30)18-27(25)29-7-5-13-31-29;1-12-3-7-14(8-4-12)11-15-9-5-13(2)6-10-15;2*1-11-3-7-13(8-4-11)15-14-9-5-12(2)6-10-14;1-11-3-7-13(8-4-11)14-9-5-12(2)6-10-14;1-7-3-5-8(2)6-4-7/h5-18H,1-4H3;3-10H,11H2,1-2H3;2*3-10H,1-2H3;3-10H,1-2H3;3-6H,1-2H3. The molecule has 498 valence electrons. The van der Waals surface area contributed by atoms with E-state index in [-0.39, 0.29) is 0 Å². The van der Waals surface area contributed by atoms with Crippen LogP contribution in [0.4, 0.5) is 0 Å². The van der Waals surface area contributed by atoms with Crippen LogP contribution in [0.1, 0.15) is 89.0 Å². The van der Waals surface area contributed by atoms with E-state index in [2.05, 4.69) is 350 Å². The summed E-state index contributed by atoms with van der Waals surface area (Å²) in [7, 11) is 0. The molecule has 0 radical (unpaired) electrons. The topological polar surface area (TPSA) is 9.23 Å². The molecule has 2 aromatic heterocycles. The van der Waals surface area contributed by atoms with E-state index in [0.29, 0.717) is 0 Å². The Kier molecular flexibility index (Phi) is 27.2. The Morgan fingerprint density at radius 1 is 0.242 bits per heavy atom. The van der Waals surface area contributed by atoms with Crippen LogP contribution in [0.15, 0.2) is 312 Å². The minimum Gasteiger partial charge on any atom is -0.457 e. The van der Waals surface area contributed by atoms with E-state index in [1.165, 1.54) is 153 Å². The Labute approximate surface area is 604 Å². The second-order valence-electron chi connectivity index (χ2n) is 26.0. The molecule has 2 heterocycles. The van der Waals surface area contributed by atoms with Gasteiger partial charge in [0.15, 0.2) is 0 Å². The van der Waals surface area contributed by atoms with E-state index >= 15 is 0 Å². The summed E-state index contributed by atoms with van der Waals surface area (Å²) in [6.45, 7) is 29.8. The highest BCUT2D eigenvalue weighted by Gasteiger charge is 2.18. The molecule has 99 heavy (non-hydrogen) atoms. The summed E-state index contributed by atoms with van der Waals surface area (Å²) in [6.07, 6.45) is 1.03. The highest BCUT2D eigenvalue weighted by molar-refractivity contribution is 7.99. The lowest BCUT2D eigenvalue weighted by molar-refractivity contribution is 0.482. The van der Waals surface area contributed by atoms with Crippen LogP contribution in [0.2, 0.25) is 0 Å². The largest absolute Gasteiger partial charge is 0.457 e. The molecule has 0 aliphatic carbocycles. The van der Waals surface area contributed by atoms with Crippen molar-refractivity contribution < 1.29 is 4.74 Å². The highest BCUT2D eigenvalue weighted by atomic mass is 32.2. The normalized spacial score (nSPS) is 10.4. The maximum absolute atomic E-state index is 5.69. The number of hydrogen-bond donors (Lipinski definition) is 0. The molecule has 12 aromatic carbocycles. The first-order valence-electron chi connectivity index (χ1n) is 34.1. The molecule has 0 spiro atoms. The van der Waals surface area contributed by atoms with Gasteiger partial charge in [0.05, 0.1) is 0 Å². The van der Waals surface area contributed by atoms with Crippen LogP contribution in [0, 0.1) is 96.9 Å². The van der Waals surface area contributed by atoms with Gasteiger partial charge in [0, 0.05) is 30.7 Å². The molecular formula is C95H94OS3. The molecule has 14 rings (SSSR count). The Hall–Kier alpha value is -9.81. The maximum atomic E-state index is 5.69. The maximum Gasteiger partial charge on any atom is 0.127 e. The fourth-order valence-corrected chi connectivity index (χ4v) is 13.0. The Balaban J connectivity index is 0.000000147. The van der Waals surface area contributed by atoms with Crippen molar-refractivity contribution in [2.24, 2.45) is 0 Å². The second-order valence-corrected chi connectivity index (χ2v) is 29.0. The molecule has 0 fully saturated rings. The molecule has 1 nitrogen and oxygen atoms in total. The number of ether oxygens (including phenoxy) is 1. The fraction of sp³-hybridized carbons (Fsp3) is 0.158. The predicted molar refractivity (Wildman–Crippen MR) is 434 cm³/mol. The predicted octanol–water partition coefficient (Wildman–Crippen LogP) is 28.4. The van der Waals surface area contributed by atoms with E-state index < -0.39 is 0 Å². The first kappa shape index (κ1) is 73.4. The van der Waals surface area contributed by atoms with E-state index in [1.54, 1.807) is 11.8 Å². The van der Waals surface area contributed by atoms with Crippen molar-refractivity contribution in [3.8, 4) is 65.8 Å². The van der Waals surface area contributed by atoms with Crippen molar-refractivity contribution in [1.82, 2.24) is 0 Å². The number of hydrogen-bond acceptors (Lipinski definition) is 4. The van der Waals surface area contributed by atoms with Gasteiger partial charge < -0.3 is 4.74 Å². The average Bonchev–Trinajstić information content (AvgIpc) is 1.73. The summed E-state index contributed by atoms with van der Waals surface area (Å²) in [5.74, 6) is 1.76. The summed E-state index contributed by atoms with van der Waals surface area (Å²) in [5, 5.41) is 4.34. The Morgan fingerprint density at radius 3 is 0.798 bits per heavy atom. The minimum atomic E-state index is 0.879. The van der Waals surface area contributed by atoms with Crippen molar-refractivity contribution in [1.29, 1.82) is 0 Å². The van der Waals surface area contributed by atoms with Gasteiger partial charge in [-0.3, -0.25) is 0 Å². The van der Waals surface area contributed by atoms with Crippen molar-refractivity contribution >= 4 is 34.4 Å². The van der Waals surface area contributed by atoms with Gasteiger partial charge in [-0.05, 0) is 254 Å². The van der Waals surface area contributed by atoms with Gasteiger partial charge in [-0.1, -0.05) is 286 Å². The van der Waals surface area contributed by atoms with Crippen LogP contribution in [-0.2, 0) is 6.42 Å². The van der Waals surface area contributed by atoms with Gasteiger partial charge >= 0.3 is 0 Å². The van der Waals surface area contributed by atoms with Crippen LogP contribution in [0.5, 0.6) is 11.5 Å². The van der Waals surface area contributed by atoms with Crippen LogP contribution >= 0.6 is 34.4 Å². The van der Waals surface area contributed by atoms with Gasteiger partial charge in [-0.2, -0.15) is 0 Å². The first-order chi connectivity index (χ1) is 47.8. The van der Waals surface area contributed by atoms with E-state index in [0.717, 1.165) is 17.9 Å². The monoisotopic (exact) mass is 1350 g/mol. The lowest BCUT2D eigenvalue weighted by Gasteiger charge is -2.18. The molecule has 14 aromatic rings. The number of thiophene rings is 2. The van der Waals surface area contributed by atoms with E-state index in [9.17, 15) is 0 Å².